The summed E-state index contributed by atoms with van der Waals surface area (Å²) in [6.07, 6.45) is 7.88. The highest BCUT2D eigenvalue weighted by molar-refractivity contribution is 5.93. The zero-order chi connectivity index (χ0) is 20.0. The molecule has 2 fully saturated rings. The molecule has 1 saturated heterocycles. The predicted octanol–water partition coefficient (Wildman–Crippen LogP) is 2.55. The monoisotopic (exact) mass is 395 g/mol. The van der Waals surface area contributed by atoms with Crippen molar-refractivity contribution >= 4 is 5.91 Å². The molecule has 3 aromatic heterocycles. The van der Waals surface area contributed by atoms with Gasteiger partial charge < -0.3 is 9.42 Å². The number of carbonyl (C=O) groups excluding carboxylic acids is 1. The van der Waals surface area contributed by atoms with E-state index in [0.29, 0.717) is 42.9 Å². The smallest absolute Gasteiger partial charge is 0.276 e. The zero-order valence-electron chi connectivity index (χ0n) is 16.8. The molecule has 152 valence electrons. The largest absolute Gasteiger partial charge is 0.361 e. The van der Waals surface area contributed by atoms with Crippen molar-refractivity contribution in [2.24, 2.45) is 0 Å². The van der Waals surface area contributed by atoms with Crippen LogP contribution in [0.2, 0.25) is 0 Å². The molecule has 0 radical (unpaired) electrons. The highest BCUT2D eigenvalue weighted by Crippen LogP contribution is 2.38. The summed E-state index contributed by atoms with van der Waals surface area (Å²) in [5, 5.41) is 15.9. The maximum absolute atomic E-state index is 13.1. The lowest BCUT2D eigenvalue weighted by molar-refractivity contribution is 0.0699. The molecule has 1 aliphatic carbocycles. The Morgan fingerprint density at radius 2 is 2.00 bits per heavy atom. The van der Waals surface area contributed by atoms with Crippen LogP contribution >= 0.6 is 0 Å². The minimum Gasteiger partial charge on any atom is -0.361 e. The summed E-state index contributed by atoms with van der Waals surface area (Å²) in [5.41, 5.74) is 2.26. The van der Waals surface area contributed by atoms with Crippen molar-refractivity contribution in [2.75, 3.05) is 13.1 Å². The molecule has 1 amide bonds. The number of aromatic nitrogens is 6. The number of likely N-dealkylation sites (tertiary alicyclic amines) is 1. The number of aromatic amines is 1. The van der Waals surface area contributed by atoms with Gasteiger partial charge in [-0.1, -0.05) is 5.16 Å². The van der Waals surface area contributed by atoms with Crippen molar-refractivity contribution in [2.45, 2.75) is 57.9 Å². The highest BCUT2D eigenvalue weighted by atomic mass is 16.5. The SMILES string of the molecule is Cc1cnn(Cc2c(C(=O)N3CCC(c4nc(C5CC5)n[nH]4)CC3)noc2C)c1. The number of carbonyl (C=O) groups is 1. The van der Waals surface area contributed by atoms with E-state index < -0.39 is 0 Å². The van der Waals surface area contributed by atoms with Crippen LogP contribution in [0.1, 0.15) is 76.5 Å². The number of nitrogens with one attached hydrogen (secondary N) is 1. The van der Waals surface area contributed by atoms with E-state index in [0.717, 1.165) is 35.6 Å². The van der Waals surface area contributed by atoms with Crippen molar-refractivity contribution in [1.82, 2.24) is 35.0 Å². The third kappa shape index (κ3) is 3.56. The van der Waals surface area contributed by atoms with Gasteiger partial charge in [0.15, 0.2) is 11.5 Å². The maximum atomic E-state index is 13.1. The van der Waals surface area contributed by atoms with Gasteiger partial charge in [0.1, 0.15) is 11.6 Å². The lowest BCUT2D eigenvalue weighted by Crippen LogP contribution is -2.38. The molecular formula is C20H25N7O2. The summed E-state index contributed by atoms with van der Waals surface area (Å²) in [6, 6.07) is 0. The molecule has 5 rings (SSSR count). The predicted molar refractivity (Wildman–Crippen MR) is 104 cm³/mol. The second-order valence-electron chi connectivity index (χ2n) is 8.20. The van der Waals surface area contributed by atoms with Gasteiger partial charge in [0.05, 0.1) is 12.7 Å². The Kier molecular flexibility index (Phi) is 4.44. The molecular weight excluding hydrogens is 370 g/mol. The molecule has 0 bridgehead atoms. The van der Waals surface area contributed by atoms with Crippen LogP contribution < -0.4 is 0 Å². The Balaban J connectivity index is 1.26. The van der Waals surface area contributed by atoms with E-state index in [1.807, 2.05) is 24.9 Å². The van der Waals surface area contributed by atoms with Crippen molar-refractivity contribution in [3.05, 3.63) is 46.6 Å². The van der Waals surface area contributed by atoms with Crippen LogP contribution in [-0.2, 0) is 6.54 Å². The Morgan fingerprint density at radius 3 is 2.69 bits per heavy atom. The number of amides is 1. The molecule has 2 aliphatic rings. The fraction of sp³-hybridized carbons (Fsp3) is 0.550. The fourth-order valence-electron chi connectivity index (χ4n) is 3.96. The van der Waals surface area contributed by atoms with Gasteiger partial charge in [-0.25, -0.2) is 4.98 Å². The molecule has 1 saturated carbocycles. The lowest BCUT2D eigenvalue weighted by Gasteiger charge is -2.30. The van der Waals surface area contributed by atoms with Crippen molar-refractivity contribution in [3.63, 3.8) is 0 Å². The van der Waals surface area contributed by atoms with Crippen LogP contribution in [0.3, 0.4) is 0 Å². The number of nitrogens with zero attached hydrogens (tertiary/aromatic N) is 6. The quantitative estimate of drug-likeness (QED) is 0.712. The molecule has 0 aromatic carbocycles. The Labute approximate surface area is 168 Å². The van der Waals surface area contributed by atoms with Crippen LogP contribution in [0, 0.1) is 13.8 Å². The van der Waals surface area contributed by atoms with Gasteiger partial charge in [-0.05, 0) is 45.1 Å². The van der Waals surface area contributed by atoms with Gasteiger partial charge in [-0.15, -0.1) is 0 Å². The second kappa shape index (κ2) is 7.13. The average Bonchev–Trinajstić information content (AvgIpc) is 3.14. The van der Waals surface area contributed by atoms with Crippen LogP contribution in [-0.4, -0.2) is 54.0 Å². The first-order chi connectivity index (χ1) is 14.1. The molecule has 0 spiro atoms. The summed E-state index contributed by atoms with van der Waals surface area (Å²) in [5.74, 6) is 3.38. The van der Waals surface area contributed by atoms with Crippen LogP contribution in [0.4, 0.5) is 0 Å². The normalized spacial score (nSPS) is 17.8. The second-order valence-corrected chi connectivity index (χ2v) is 8.20. The van der Waals surface area contributed by atoms with Crippen LogP contribution in [0.15, 0.2) is 16.9 Å². The minimum absolute atomic E-state index is 0.0737. The van der Waals surface area contributed by atoms with Gasteiger partial charge in [-0.3, -0.25) is 14.6 Å². The Hall–Kier alpha value is -2.97. The minimum atomic E-state index is -0.0737. The summed E-state index contributed by atoms with van der Waals surface area (Å²) < 4.78 is 7.15. The first-order valence-electron chi connectivity index (χ1n) is 10.2. The number of aryl methyl sites for hydroxylation is 2. The van der Waals surface area contributed by atoms with E-state index in [-0.39, 0.29) is 5.91 Å². The van der Waals surface area contributed by atoms with Gasteiger partial charge in [-0.2, -0.15) is 10.2 Å². The summed E-state index contributed by atoms with van der Waals surface area (Å²) in [4.78, 5) is 19.7. The van der Waals surface area contributed by atoms with E-state index in [4.69, 9.17) is 4.52 Å². The number of H-pyrrole nitrogens is 1. The van der Waals surface area contributed by atoms with E-state index >= 15 is 0 Å². The molecule has 9 nitrogen and oxygen atoms in total. The molecule has 9 heteroatoms. The van der Waals surface area contributed by atoms with Crippen molar-refractivity contribution < 1.29 is 9.32 Å². The van der Waals surface area contributed by atoms with Gasteiger partial charge in [0, 0.05) is 36.7 Å². The standard InChI is InChI=1S/C20H25N7O2/c1-12-9-21-27(10-12)11-16-13(2)29-25-17(16)20(28)26-7-5-15(6-8-26)19-22-18(23-24-19)14-3-4-14/h9-10,14-15H,3-8,11H2,1-2H3,(H,22,23,24). The van der Waals surface area contributed by atoms with Crippen LogP contribution in [0.5, 0.6) is 0 Å². The number of rotatable bonds is 5. The van der Waals surface area contributed by atoms with Crippen molar-refractivity contribution in [3.8, 4) is 0 Å². The maximum Gasteiger partial charge on any atom is 0.276 e. The summed E-state index contributed by atoms with van der Waals surface area (Å²) in [6.45, 7) is 5.65. The molecule has 4 heterocycles. The highest BCUT2D eigenvalue weighted by Gasteiger charge is 2.32. The topological polar surface area (TPSA) is 106 Å². The zero-order valence-corrected chi connectivity index (χ0v) is 16.8. The van der Waals surface area contributed by atoms with Gasteiger partial charge >= 0.3 is 0 Å². The molecule has 1 aliphatic heterocycles. The molecule has 1 N–H and O–H groups in total. The van der Waals surface area contributed by atoms with E-state index in [9.17, 15) is 4.79 Å². The third-order valence-electron chi connectivity index (χ3n) is 5.90. The first-order valence-corrected chi connectivity index (χ1v) is 10.2. The number of piperidine rings is 1. The Bertz CT molecular complexity index is 1020. The average molecular weight is 395 g/mol. The molecule has 0 unspecified atom stereocenters. The molecule has 29 heavy (non-hydrogen) atoms. The fourth-order valence-corrected chi connectivity index (χ4v) is 3.96. The number of hydrogen-bond donors (Lipinski definition) is 1. The molecule has 3 aromatic rings. The lowest BCUT2D eigenvalue weighted by atomic mass is 9.95. The van der Waals surface area contributed by atoms with E-state index in [1.165, 1.54) is 12.8 Å². The van der Waals surface area contributed by atoms with Gasteiger partial charge in [0.2, 0.25) is 0 Å². The summed E-state index contributed by atoms with van der Waals surface area (Å²) >= 11 is 0. The first kappa shape index (κ1) is 18.1. The number of hydrogen-bond acceptors (Lipinski definition) is 6. The summed E-state index contributed by atoms with van der Waals surface area (Å²) in [7, 11) is 0. The Morgan fingerprint density at radius 1 is 1.21 bits per heavy atom. The van der Waals surface area contributed by atoms with Crippen molar-refractivity contribution in [1.29, 1.82) is 0 Å². The molecule has 0 atom stereocenters. The van der Waals surface area contributed by atoms with E-state index in [1.54, 1.807) is 10.9 Å². The van der Waals surface area contributed by atoms with E-state index in [2.05, 4.69) is 25.4 Å². The van der Waals surface area contributed by atoms with Crippen LogP contribution in [0.25, 0.3) is 0 Å². The van der Waals surface area contributed by atoms with Gasteiger partial charge in [0.25, 0.3) is 5.91 Å². The third-order valence-corrected chi connectivity index (χ3v) is 5.90.